The van der Waals surface area contributed by atoms with E-state index in [4.69, 9.17) is 9.47 Å². The summed E-state index contributed by atoms with van der Waals surface area (Å²) in [6.45, 7) is 0. The topological polar surface area (TPSA) is 57.1 Å². The summed E-state index contributed by atoms with van der Waals surface area (Å²) in [6, 6.07) is 18.0. The number of aromatic nitrogens is 3. The molecule has 3 rings (SSSR count). The molecule has 140 valence electrons. The van der Waals surface area contributed by atoms with Gasteiger partial charge in [-0.15, -0.1) is 11.8 Å². The van der Waals surface area contributed by atoms with E-state index >= 15 is 0 Å². The maximum Gasteiger partial charge on any atom is 0.220 e. The lowest BCUT2D eigenvalue weighted by molar-refractivity contribution is 0.364. The Kier molecular flexibility index (Phi) is 6.58. The molecular formula is C20H21N3O2S2. The van der Waals surface area contributed by atoms with E-state index in [0.29, 0.717) is 16.9 Å². The fourth-order valence-corrected chi connectivity index (χ4v) is 4.86. The predicted molar refractivity (Wildman–Crippen MR) is 111 cm³/mol. The zero-order valence-corrected chi connectivity index (χ0v) is 17.1. The lowest BCUT2D eigenvalue weighted by Gasteiger charge is -2.30. The van der Waals surface area contributed by atoms with Gasteiger partial charge in [0, 0.05) is 12.6 Å². The number of hydrogen-bond donors (Lipinski definition) is 0. The van der Waals surface area contributed by atoms with Gasteiger partial charge in [0.25, 0.3) is 0 Å². The molecule has 0 saturated heterocycles. The Balaban J connectivity index is 2.04. The monoisotopic (exact) mass is 399 g/mol. The van der Waals surface area contributed by atoms with Crippen LogP contribution in [0.4, 0.5) is 0 Å². The van der Waals surface area contributed by atoms with Crippen molar-refractivity contribution in [2.75, 3.05) is 20.5 Å². The van der Waals surface area contributed by atoms with E-state index < -0.39 is 0 Å². The first-order chi connectivity index (χ1) is 13.2. The Morgan fingerprint density at radius 1 is 0.926 bits per heavy atom. The highest BCUT2D eigenvalue weighted by Crippen LogP contribution is 2.50. The summed E-state index contributed by atoms with van der Waals surface area (Å²) < 4.78 is 10.2. The minimum absolute atomic E-state index is 0.389. The molecule has 0 amide bonds. The summed E-state index contributed by atoms with van der Waals surface area (Å²) >= 11 is 3.29. The number of rotatable bonds is 8. The molecule has 7 heteroatoms. The Bertz CT molecular complexity index is 843. The van der Waals surface area contributed by atoms with Crippen LogP contribution in [0.1, 0.15) is 11.3 Å². The van der Waals surface area contributed by atoms with Crippen molar-refractivity contribution in [1.29, 1.82) is 0 Å². The number of methoxy groups -OCH3 is 2. The number of thioether (sulfide) groups is 2. The van der Waals surface area contributed by atoms with Crippen LogP contribution in [0, 0.1) is 0 Å². The highest BCUT2D eigenvalue weighted by molar-refractivity contribution is 8.17. The maximum absolute atomic E-state index is 5.30. The van der Waals surface area contributed by atoms with Gasteiger partial charge in [0.05, 0.1) is 26.0 Å². The molecule has 2 heterocycles. The first-order valence-electron chi connectivity index (χ1n) is 8.36. The summed E-state index contributed by atoms with van der Waals surface area (Å²) in [5.74, 6) is 0.945. The molecular weight excluding hydrogens is 378 g/mol. The van der Waals surface area contributed by atoms with Crippen molar-refractivity contribution in [3.8, 4) is 11.8 Å². The molecule has 1 aromatic carbocycles. The van der Waals surface area contributed by atoms with Crippen LogP contribution < -0.4 is 9.47 Å². The zero-order chi connectivity index (χ0) is 19.1. The van der Waals surface area contributed by atoms with Crippen LogP contribution >= 0.6 is 23.5 Å². The van der Waals surface area contributed by atoms with Crippen LogP contribution in [-0.2, 0) is 10.5 Å². The summed E-state index contributed by atoms with van der Waals surface area (Å²) in [5.41, 5.74) is 2.19. The minimum atomic E-state index is -0.389. The molecule has 0 aliphatic rings. The molecule has 0 fully saturated rings. The van der Waals surface area contributed by atoms with Crippen molar-refractivity contribution < 1.29 is 9.47 Å². The van der Waals surface area contributed by atoms with Gasteiger partial charge in [0.1, 0.15) is 4.08 Å². The van der Waals surface area contributed by atoms with Crippen molar-refractivity contribution in [1.82, 2.24) is 15.0 Å². The highest BCUT2D eigenvalue weighted by Gasteiger charge is 2.36. The normalized spacial score (nSPS) is 13.0. The molecule has 5 nitrogen and oxygen atoms in total. The first kappa shape index (κ1) is 19.5. The van der Waals surface area contributed by atoms with E-state index in [2.05, 4.69) is 45.5 Å². The van der Waals surface area contributed by atoms with E-state index in [1.807, 2.05) is 30.5 Å². The summed E-state index contributed by atoms with van der Waals surface area (Å²) in [4.78, 5) is 13.7. The predicted octanol–water partition coefficient (Wildman–Crippen LogP) is 4.44. The lowest BCUT2D eigenvalue weighted by atomic mass is 10.1. The molecule has 0 N–H and O–H groups in total. The smallest absolute Gasteiger partial charge is 0.220 e. The average Bonchev–Trinajstić information content (AvgIpc) is 2.74. The van der Waals surface area contributed by atoms with E-state index in [0.717, 1.165) is 12.1 Å². The summed E-state index contributed by atoms with van der Waals surface area (Å²) in [5, 5.41) is 0.585. The molecule has 0 bridgehead atoms. The lowest BCUT2D eigenvalue weighted by Crippen LogP contribution is -2.22. The van der Waals surface area contributed by atoms with Crippen molar-refractivity contribution >= 4 is 23.5 Å². The standard InChI is InChI=1S/C20H21N3O2S2/c1-24-17-13-18(25-2)23-19(22-17)27-20(26-3,16-11-7-8-12-21-16)14-15-9-5-4-6-10-15/h4-13H,14H2,1-3H3. The van der Waals surface area contributed by atoms with Crippen LogP contribution in [0.15, 0.2) is 66.0 Å². The molecule has 3 aromatic rings. The van der Waals surface area contributed by atoms with Crippen LogP contribution in [-0.4, -0.2) is 35.4 Å². The Labute approximate surface area is 168 Å². The van der Waals surface area contributed by atoms with Crippen molar-refractivity contribution in [2.45, 2.75) is 15.7 Å². The molecule has 0 spiro atoms. The average molecular weight is 400 g/mol. The summed E-state index contributed by atoms with van der Waals surface area (Å²) in [7, 11) is 3.17. The van der Waals surface area contributed by atoms with Crippen LogP contribution in [0.5, 0.6) is 11.8 Å². The molecule has 0 aliphatic heterocycles. The number of hydrogen-bond acceptors (Lipinski definition) is 7. The van der Waals surface area contributed by atoms with Crippen LogP contribution in [0.3, 0.4) is 0 Å². The van der Waals surface area contributed by atoms with Crippen molar-refractivity contribution in [3.05, 3.63) is 72.1 Å². The zero-order valence-electron chi connectivity index (χ0n) is 15.5. The van der Waals surface area contributed by atoms with Gasteiger partial charge >= 0.3 is 0 Å². The van der Waals surface area contributed by atoms with Crippen LogP contribution in [0.25, 0.3) is 0 Å². The fraction of sp³-hybridized carbons (Fsp3) is 0.250. The van der Waals surface area contributed by atoms with Gasteiger partial charge in [-0.1, -0.05) is 48.2 Å². The van der Waals surface area contributed by atoms with Gasteiger partial charge in [-0.25, -0.2) is 0 Å². The van der Waals surface area contributed by atoms with Crippen molar-refractivity contribution in [2.24, 2.45) is 0 Å². The van der Waals surface area contributed by atoms with Gasteiger partial charge in [0.15, 0.2) is 5.16 Å². The molecule has 0 aliphatic carbocycles. The van der Waals surface area contributed by atoms with Crippen LogP contribution in [0.2, 0.25) is 0 Å². The number of nitrogens with zero attached hydrogens (tertiary/aromatic N) is 3. The van der Waals surface area contributed by atoms with Gasteiger partial charge in [-0.2, -0.15) is 9.97 Å². The molecule has 0 saturated carbocycles. The van der Waals surface area contributed by atoms with Gasteiger partial charge in [-0.3, -0.25) is 4.98 Å². The highest BCUT2D eigenvalue weighted by atomic mass is 32.2. The minimum Gasteiger partial charge on any atom is -0.481 e. The molecule has 0 radical (unpaired) electrons. The number of ether oxygens (including phenoxy) is 2. The van der Waals surface area contributed by atoms with Gasteiger partial charge in [-0.05, 0) is 24.0 Å². The third-order valence-corrected chi connectivity index (χ3v) is 6.81. The van der Waals surface area contributed by atoms with Gasteiger partial charge in [0.2, 0.25) is 11.8 Å². The number of benzene rings is 1. The van der Waals surface area contributed by atoms with E-state index in [1.54, 1.807) is 43.8 Å². The summed E-state index contributed by atoms with van der Waals surface area (Å²) in [6.07, 6.45) is 4.68. The fourth-order valence-electron chi connectivity index (χ4n) is 2.64. The quantitative estimate of drug-likeness (QED) is 0.315. The third kappa shape index (κ3) is 4.73. The van der Waals surface area contributed by atoms with Gasteiger partial charge < -0.3 is 9.47 Å². The second-order valence-corrected chi connectivity index (χ2v) is 8.30. The van der Waals surface area contributed by atoms with Crippen molar-refractivity contribution in [3.63, 3.8) is 0 Å². The third-order valence-electron chi connectivity index (χ3n) is 4.00. The Morgan fingerprint density at radius 2 is 1.59 bits per heavy atom. The molecule has 1 atom stereocenters. The number of pyridine rings is 1. The first-order valence-corrected chi connectivity index (χ1v) is 10.4. The van der Waals surface area contributed by atoms with E-state index in [1.165, 1.54) is 5.56 Å². The second-order valence-electron chi connectivity index (χ2n) is 5.67. The Morgan fingerprint density at radius 3 is 2.15 bits per heavy atom. The van der Waals surface area contributed by atoms with E-state index in [-0.39, 0.29) is 4.08 Å². The SMILES string of the molecule is COc1cc(OC)nc(SC(Cc2ccccc2)(SC)c2ccccn2)n1. The maximum atomic E-state index is 5.30. The van der Waals surface area contributed by atoms with E-state index in [9.17, 15) is 0 Å². The molecule has 27 heavy (non-hydrogen) atoms. The largest absolute Gasteiger partial charge is 0.481 e. The second kappa shape index (κ2) is 9.10. The Hall–Kier alpha value is -2.25. The molecule has 2 aromatic heterocycles. The molecule has 1 unspecified atom stereocenters.